The molecule has 0 aliphatic heterocycles. The van der Waals surface area contributed by atoms with Gasteiger partial charge in [-0.25, -0.2) is 0 Å². The van der Waals surface area contributed by atoms with Crippen molar-refractivity contribution in [1.82, 2.24) is 14.6 Å². The summed E-state index contributed by atoms with van der Waals surface area (Å²) in [5, 5.41) is 8.26. The van der Waals surface area contributed by atoms with E-state index in [1.54, 1.807) is 6.92 Å². The average molecular weight is 221 g/mol. The Morgan fingerprint density at radius 3 is 3.13 bits per heavy atom. The fourth-order valence-electron chi connectivity index (χ4n) is 1.35. The molecular formula is C10H11N3OS. The highest BCUT2D eigenvalue weighted by molar-refractivity contribution is 8.13. The minimum absolute atomic E-state index is 0.142. The quantitative estimate of drug-likeness (QED) is 0.789. The number of pyridine rings is 1. The van der Waals surface area contributed by atoms with Crippen molar-refractivity contribution < 1.29 is 4.79 Å². The fourth-order valence-corrected chi connectivity index (χ4v) is 1.92. The first-order valence-electron chi connectivity index (χ1n) is 4.69. The highest BCUT2D eigenvalue weighted by atomic mass is 32.2. The van der Waals surface area contributed by atoms with Crippen LogP contribution in [0.15, 0.2) is 24.4 Å². The van der Waals surface area contributed by atoms with E-state index in [9.17, 15) is 4.79 Å². The third kappa shape index (κ3) is 2.36. The molecule has 0 fully saturated rings. The summed E-state index contributed by atoms with van der Waals surface area (Å²) in [4.78, 5) is 10.8. The van der Waals surface area contributed by atoms with Crippen LogP contribution in [-0.2, 0) is 11.2 Å². The molecule has 15 heavy (non-hydrogen) atoms. The van der Waals surface area contributed by atoms with Gasteiger partial charge in [-0.3, -0.25) is 9.20 Å². The van der Waals surface area contributed by atoms with Crippen LogP contribution in [0.4, 0.5) is 0 Å². The average Bonchev–Trinajstić information content (AvgIpc) is 2.62. The van der Waals surface area contributed by atoms with Gasteiger partial charge < -0.3 is 0 Å². The van der Waals surface area contributed by atoms with Gasteiger partial charge >= 0.3 is 0 Å². The van der Waals surface area contributed by atoms with Crippen LogP contribution in [0.1, 0.15) is 12.7 Å². The largest absolute Gasteiger partial charge is 0.288 e. The summed E-state index contributed by atoms with van der Waals surface area (Å²) in [6.45, 7) is 1.58. The second-order valence-electron chi connectivity index (χ2n) is 3.14. The van der Waals surface area contributed by atoms with E-state index in [2.05, 4.69) is 10.2 Å². The molecule has 0 unspecified atom stereocenters. The number of hydrogen-bond donors (Lipinski definition) is 0. The second-order valence-corrected chi connectivity index (χ2v) is 4.41. The smallest absolute Gasteiger partial charge is 0.185 e. The van der Waals surface area contributed by atoms with Crippen LogP contribution < -0.4 is 0 Å². The number of aromatic nitrogens is 3. The zero-order valence-electron chi connectivity index (χ0n) is 8.38. The van der Waals surface area contributed by atoms with E-state index in [-0.39, 0.29) is 5.12 Å². The minimum atomic E-state index is 0.142. The number of nitrogens with zero attached hydrogens (tertiary/aromatic N) is 3. The van der Waals surface area contributed by atoms with Crippen molar-refractivity contribution in [3.63, 3.8) is 0 Å². The van der Waals surface area contributed by atoms with Gasteiger partial charge in [-0.15, -0.1) is 10.2 Å². The maximum Gasteiger partial charge on any atom is 0.185 e. The summed E-state index contributed by atoms with van der Waals surface area (Å²) < 4.78 is 1.95. The van der Waals surface area contributed by atoms with Crippen LogP contribution in [-0.4, -0.2) is 25.5 Å². The number of carbonyl (C=O) groups excluding carboxylic acids is 1. The summed E-state index contributed by atoms with van der Waals surface area (Å²) in [5.74, 6) is 1.66. The fraction of sp³-hybridized carbons (Fsp3) is 0.300. The molecule has 2 aromatic heterocycles. The molecule has 0 N–H and O–H groups in total. The second kappa shape index (κ2) is 4.44. The first-order chi connectivity index (χ1) is 7.27. The van der Waals surface area contributed by atoms with Crippen molar-refractivity contribution in [2.24, 2.45) is 0 Å². The molecule has 4 nitrogen and oxygen atoms in total. The Morgan fingerprint density at radius 2 is 2.33 bits per heavy atom. The normalized spacial score (nSPS) is 10.7. The Balaban J connectivity index is 2.11. The van der Waals surface area contributed by atoms with Crippen molar-refractivity contribution in [1.29, 1.82) is 0 Å². The Labute approximate surface area is 91.7 Å². The lowest BCUT2D eigenvalue weighted by Gasteiger charge is -1.97. The third-order valence-corrected chi connectivity index (χ3v) is 2.83. The maximum atomic E-state index is 10.8. The van der Waals surface area contributed by atoms with Gasteiger partial charge in [0.15, 0.2) is 10.8 Å². The number of hydrogen-bond acceptors (Lipinski definition) is 4. The maximum absolute atomic E-state index is 10.8. The third-order valence-electron chi connectivity index (χ3n) is 2.02. The van der Waals surface area contributed by atoms with Gasteiger partial charge in [0, 0.05) is 25.3 Å². The molecule has 0 aromatic carbocycles. The number of rotatable bonds is 3. The highest BCUT2D eigenvalue weighted by Gasteiger charge is 2.04. The van der Waals surface area contributed by atoms with Crippen LogP contribution in [0.2, 0.25) is 0 Å². The van der Waals surface area contributed by atoms with Gasteiger partial charge in [0.1, 0.15) is 5.82 Å². The molecule has 0 saturated heterocycles. The molecule has 0 atom stereocenters. The Morgan fingerprint density at radius 1 is 1.47 bits per heavy atom. The summed E-state index contributed by atoms with van der Waals surface area (Å²) >= 11 is 1.32. The molecular weight excluding hydrogens is 210 g/mol. The lowest BCUT2D eigenvalue weighted by Crippen LogP contribution is -1.98. The standard InChI is InChI=1S/C10H11N3OS/c1-8(14)15-7-5-10-12-11-9-4-2-3-6-13(9)10/h2-4,6H,5,7H2,1H3. The number of aryl methyl sites for hydroxylation is 1. The predicted octanol–water partition coefficient (Wildman–Crippen LogP) is 1.55. The first kappa shape index (κ1) is 10.2. The molecule has 0 spiro atoms. The summed E-state index contributed by atoms with van der Waals surface area (Å²) in [7, 11) is 0. The van der Waals surface area contributed by atoms with Crippen LogP contribution in [0.3, 0.4) is 0 Å². The first-order valence-corrected chi connectivity index (χ1v) is 5.68. The van der Waals surface area contributed by atoms with Crippen molar-refractivity contribution in [3.05, 3.63) is 30.2 Å². The molecule has 0 aliphatic carbocycles. The molecule has 0 bridgehead atoms. The molecule has 0 saturated carbocycles. The lowest BCUT2D eigenvalue weighted by atomic mass is 10.4. The van der Waals surface area contributed by atoms with Gasteiger partial charge in [0.2, 0.25) is 0 Å². The highest BCUT2D eigenvalue weighted by Crippen LogP contribution is 2.08. The monoisotopic (exact) mass is 221 g/mol. The van der Waals surface area contributed by atoms with Gasteiger partial charge in [-0.05, 0) is 12.1 Å². The molecule has 2 rings (SSSR count). The van der Waals surface area contributed by atoms with Crippen LogP contribution in [0, 0.1) is 0 Å². The van der Waals surface area contributed by atoms with E-state index in [1.807, 2.05) is 28.8 Å². The van der Waals surface area contributed by atoms with Crippen molar-refractivity contribution in [2.45, 2.75) is 13.3 Å². The van der Waals surface area contributed by atoms with Crippen LogP contribution >= 0.6 is 11.8 Å². The Hall–Kier alpha value is -1.36. The van der Waals surface area contributed by atoms with Gasteiger partial charge in [-0.2, -0.15) is 0 Å². The predicted molar refractivity (Wildman–Crippen MR) is 59.8 cm³/mol. The number of carbonyl (C=O) groups is 1. The molecule has 0 radical (unpaired) electrons. The molecule has 2 heterocycles. The molecule has 0 aliphatic rings. The zero-order chi connectivity index (χ0) is 10.7. The Kier molecular flexibility index (Phi) is 3.01. The number of thioether (sulfide) groups is 1. The summed E-state index contributed by atoms with van der Waals surface area (Å²) in [6.07, 6.45) is 2.69. The van der Waals surface area contributed by atoms with Crippen LogP contribution in [0.5, 0.6) is 0 Å². The topological polar surface area (TPSA) is 47.3 Å². The molecule has 2 aromatic rings. The van der Waals surface area contributed by atoms with E-state index < -0.39 is 0 Å². The lowest BCUT2D eigenvalue weighted by molar-refractivity contribution is -0.109. The van der Waals surface area contributed by atoms with Gasteiger partial charge in [-0.1, -0.05) is 17.8 Å². The van der Waals surface area contributed by atoms with Gasteiger partial charge in [0.25, 0.3) is 0 Å². The van der Waals surface area contributed by atoms with E-state index in [4.69, 9.17) is 0 Å². The van der Waals surface area contributed by atoms with E-state index in [0.717, 1.165) is 23.6 Å². The van der Waals surface area contributed by atoms with Crippen molar-refractivity contribution in [3.8, 4) is 0 Å². The minimum Gasteiger partial charge on any atom is -0.288 e. The van der Waals surface area contributed by atoms with E-state index >= 15 is 0 Å². The summed E-state index contributed by atoms with van der Waals surface area (Å²) in [5.41, 5.74) is 0.848. The SMILES string of the molecule is CC(=O)SCCc1nnc2ccccn12. The zero-order valence-corrected chi connectivity index (χ0v) is 9.20. The van der Waals surface area contributed by atoms with Crippen LogP contribution in [0.25, 0.3) is 5.65 Å². The molecule has 0 amide bonds. The summed E-state index contributed by atoms with van der Waals surface area (Å²) in [6, 6.07) is 5.78. The van der Waals surface area contributed by atoms with Gasteiger partial charge in [0.05, 0.1) is 0 Å². The van der Waals surface area contributed by atoms with Crippen molar-refractivity contribution in [2.75, 3.05) is 5.75 Å². The molecule has 5 heteroatoms. The molecule has 78 valence electrons. The van der Waals surface area contributed by atoms with E-state index in [1.165, 1.54) is 11.8 Å². The van der Waals surface area contributed by atoms with Crippen molar-refractivity contribution >= 4 is 22.5 Å². The Bertz CT molecular complexity index is 480. The van der Waals surface area contributed by atoms with E-state index in [0.29, 0.717) is 0 Å². The number of fused-ring (bicyclic) bond motifs is 1.